The highest BCUT2D eigenvalue weighted by Crippen LogP contribution is 1.87. The Balaban J connectivity index is 3.22. The summed E-state index contributed by atoms with van der Waals surface area (Å²) in [5, 5.41) is 0. The van der Waals surface area contributed by atoms with Gasteiger partial charge in [0.05, 0.1) is 16.1 Å². The minimum atomic E-state index is 1.03. The van der Waals surface area contributed by atoms with Gasteiger partial charge in [-0.1, -0.05) is 6.92 Å². The summed E-state index contributed by atoms with van der Waals surface area (Å²) in [6.07, 6.45) is 1.03. The molecule has 2 heteroatoms. The summed E-state index contributed by atoms with van der Waals surface area (Å²) in [7, 11) is 0. The van der Waals surface area contributed by atoms with Crippen molar-refractivity contribution in [2.24, 2.45) is 4.02 Å². The molecule has 0 heterocycles. The van der Waals surface area contributed by atoms with Crippen molar-refractivity contribution in [1.29, 1.82) is 0 Å². The Bertz CT molecular complexity index is 58.6. The normalized spacial score (nSPS) is 12.2. The monoisotopic (exact) mass is 149 g/mol. The van der Waals surface area contributed by atoms with Crippen molar-refractivity contribution >= 4 is 21.9 Å². The van der Waals surface area contributed by atoms with Crippen molar-refractivity contribution < 1.29 is 0 Å². The molecule has 0 radical (unpaired) electrons. The van der Waals surface area contributed by atoms with Crippen molar-refractivity contribution in [3.8, 4) is 0 Å². The van der Waals surface area contributed by atoms with E-state index in [9.17, 15) is 0 Å². The SMILES string of the molecule is CCC(C)=NBr. The molecule has 0 aromatic heterocycles. The van der Waals surface area contributed by atoms with Crippen molar-refractivity contribution in [3.05, 3.63) is 0 Å². The summed E-state index contributed by atoms with van der Waals surface area (Å²) in [5.41, 5.74) is 1.13. The van der Waals surface area contributed by atoms with Crippen LogP contribution >= 0.6 is 16.1 Å². The first-order valence-corrected chi connectivity index (χ1v) is 2.66. The maximum Gasteiger partial charge on any atom is 0.0732 e. The smallest absolute Gasteiger partial charge is 0.0732 e. The Morgan fingerprint density at radius 2 is 2.33 bits per heavy atom. The average Bonchev–Trinajstić information content (AvgIpc) is 1.65. The second kappa shape index (κ2) is 3.34. The van der Waals surface area contributed by atoms with Crippen molar-refractivity contribution in [2.45, 2.75) is 20.3 Å². The lowest BCUT2D eigenvalue weighted by molar-refractivity contribution is 1.28. The van der Waals surface area contributed by atoms with E-state index in [1.165, 1.54) is 0 Å². The Morgan fingerprint density at radius 3 is 2.33 bits per heavy atom. The van der Waals surface area contributed by atoms with Crippen LogP contribution in [-0.4, -0.2) is 5.71 Å². The van der Waals surface area contributed by atoms with Crippen LogP contribution < -0.4 is 0 Å². The van der Waals surface area contributed by atoms with Gasteiger partial charge in [-0.3, -0.25) is 0 Å². The average molecular weight is 150 g/mol. The summed E-state index contributed by atoms with van der Waals surface area (Å²) < 4.78 is 3.74. The highest BCUT2D eigenvalue weighted by Gasteiger charge is 1.76. The third-order valence-corrected chi connectivity index (χ3v) is 1.26. The van der Waals surface area contributed by atoms with Crippen LogP contribution in [0.4, 0.5) is 0 Å². The second-order valence-electron chi connectivity index (χ2n) is 1.17. The minimum Gasteiger partial charge on any atom is -0.217 e. The summed E-state index contributed by atoms with van der Waals surface area (Å²) in [4.78, 5) is 0. The fourth-order valence-corrected chi connectivity index (χ4v) is 0.311. The lowest BCUT2D eigenvalue weighted by Crippen LogP contribution is -1.80. The number of rotatable bonds is 1. The van der Waals surface area contributed by atoms with Gasteiger partial charge in [0.25, 0.3) is 0 Å². The summed E-state index contributed by atoms with van der Waals surface area (Å²) in [6, 6.07) is 0. The molecular weight excluding hydrogens is 142 g/mol. The Hall–Kier alpha value is 0.150. The molecule has 0 bridgehead atoms. The zero-order chi connectivity index (χ0) is 4.99. The van der Waals surface area contributed by atoms with Crippen LogP contribution in [0.25, 0.3) is 0 Å². The maximum atomic E-state index is 3.74. The van der Waals surface area contributed by atoms with Crippen molar-refractivity contribution in [2.75, 3.05) is 0 Å². The highest BCUT2D eigenvalue weighted by atomic mass is 79.9. The lowest BCUT2D eigenvalue weighted by atomic mass is 10.3. The molecule has 0 amide bonds. The summed E-state index contributed by atoms with van der Waals surface area (Å²) in [6.45, 7) is 4.05. The van der Waals surface area contributed by atoms with Crippen LogP contribution in [0, 0.1) is 0 Å². The molecule has 1 nitrogen and oxygen atoms in total. The van der Waals surface area contributed by atoms with Gasteiger partial charge in [0.15, 0.2) is 0 Å². The fraction of sp³-hybridized carbons (Fsp3) is 0.750. The molecule has 0 aliphatic carbocycles. The van der Waals surface area contributed by atoms with E-state index in [1.807, 2.05) is 6.92 Å². The first-order chi connectivity index (χ1) is 2.81. The fourth-order valence-electron chi connectivity index (χ4n) is 0.0598. The van der Waals surface area contributed by atoms with Gasteiger partial charge in [-0.05, 0) is 13.3 Å². The van der Waals surface area contributed by atoms with Crippen LogP contribution in [0.15, 0.2) is 4.02 Å². The third-order valence-electron chi connectivity index (χ3n) is 0.656. The van der Waals surface area contributed by atoms with E-state index in [-0.39, 0.29) is 0 Å². The van der Waals surface area contributed by atoms with Gasteiger partial charge in [0.2, 0.25) is 0 Å². The quantitative estimate of drug-likeness (QED) is 0.508. The van der Waals surface area contributed by atoms with Crippen molar-refractivity contribution in [3.63, 3.8) is 0 Å². The van der Waals surface area contributed by atoms with E-state index in [0.29, 0.717) is 0 Å². The molecule has 0 saturated heterocycles. The zero-order valence-electron chi connectivity index (χ0n) is 4.03. The number of hydrogen-bond acceptors (Lipinski definition) is 1. The van der Waals surface area contributed by atoms with Gasteiger partial charge in [-0.15, -0.1) is 0 Å². The molecule has 6 heavy (non-hydrogen) atoms. The van der Waals surface area contributed by atoms with Gasteiger partial charge >= 0.3 is 0 Å². The van der Waals surface area contributed by atoms with E-state index in [0.717, 1.165) is 12.1 Å². The Kier molecular flexibility index (Phi) is 3.43. The van der Waals surface area contributed by atoms with E-state index in [2.05, 4.69) is 27.1 Å². The van der Waals surface area contributed by atoms with Gasteiger partial charge in [0, 0.05) is 5.71 Å². The molecule has 0 saturated carbocycles. The van der Waals surface area contributed by atoms with Crippen LogP contribution in [-0.2, 0) is 0 Å². The van der Waals surface area contributed by atoms with E-state index >= 15 is 0 Å². The van der Waals surface area contributed by atoms with E-state index < -0.39 is 0 Å². The maximum absolute atomic E-state index is 3.74. The molecular formula is C4H8BrN. The first kappa shape index (κ1) is 6.15. The molecule has 0 aliphatic heterocycles. The molecule has 0 atom stereocenters. The summed E-state index contributed by atoms with van der Waals surface area (Å²) >= 11 is 2.96. The van der Waals surface area contributed by atoms with E-state index in [1.54, 1.807) is 0 Å². The minimum absolute atomic E-state index is 1.03. The van der Waals surface area contributed by atoms with Crippen molar-refractivity contribution in [1.82, 2.24) is 0 Å². The van der Waals surface area contributed by atoms with Gasteiger partial charge in [-0.2, -0.15) is 0 Å². The largest absolute Gasteiger partial charge is 0.217 e. The van der Waals surface area contributed by atoms with Gasteiger partial charge in [-0.25, -0.2) is 4.02 Å². The Morgan fingerprint density at radius 1 is 1.83 bits per heavy atom. The zero-order valence-corrected chi connectivity index (χ0v) is 5.62. The molecule has 0 aromatic carbocycles. The van der Waals surface area contributed by atoms with Gasteiger partial charge < -0.3 is 0 Å². The van der Waals surface area contributed by atoms with E-state index in [4.69, 9.17) is 0 Å². The number of hydrogen-bond donors (Lipinski definition) is 0. The van der Waals surface area contributed by atoms with Crippen LogP contribution in [0.2, 0.25) is 0 Å². The van der Waals surface area contributed by atoms with Crippen LogP contribution in [0.5, 0.6) is 0 Å². The predicted molar refractivity (Wildman–Crippen MR) is 32.3 cm³/mol. The third kappa shape index (κ3) is 2.39. The molecule has 0 aliphatic rings. The molecule has 0 N–H and O–H groups in total. The lowest BCUT2D eigenvalue weighted by Gasteiger charge is -1.82. The summed E-state index contributed by atoms with van der Waals surface area (Å²) in [5.74, 6) is 0. The topological polar surface area (TPSA) is 12.4 Å². The standard InChI is InChI=1S/C4H8BrN/c1-3-4(2)6-5/h3H2,1-2H3. The van der Waals surface area contributed by atoms with Gasteiger partial charge in [0.1, 0.15) is 0 Å². The molecule has 0 unspecified atom stereocenters. The molecule has 36 valence electrons. The predicted octanol–water partition coefficient (Wildman–Crippen LogP) is 2.17. The second-order valence-corrected chi connectivity index (χ2v) is 1.53. The van der Waals surface area contributed by atoms with Crippen LogP contribution in [0.3, 0.4) is 0 Å². The molecule has 0 spiro atoms. The highest BCUT2D eigenvalue weighted by molar-refractivity contribution is 9.08. The van der Waals surface area contributed by atoms with Crippen LogP contribution in [0.1, 0.15) is 20.3 Å². The molecule has 0 aromatic rings. The Labute approximate surface area is 46.8 Å². The number of nitrogens with zero attached hydrogens (tertiary/aromatic N) is 1. The molecule has 0 rings (SSSR count). The first-order valence-electron chi connectivity index (χ1n) is 1.95. The number of halogens is 1. The molecule has 0 fully saturated rings.